The Bertz CT molecular complexity index is 207. The maximum Gasteiger partial charge on any atom is 0.0499 e. The summed E-state index contributed by atoms with van der Waals surface area (Å²) in [4.78, 5) is 0. The smallest absolute Gasteiger partial charge is 0.0499 e. The number of hydrogen-bond donors (Lipinski definition) is 2. The van der Waals surface area contributed by atoms with E-state index in [0.717, 1.165) is 12.5 Å². The van der Waals surface area contributed by atoms with Gasteiger partial charge in [-0.15, -0.1) is 0 Å². The van der Waals surface area contributed by atoms with E-state index in [0.29, 0.717) is 12.6 Å². The fourth-order valence-electron chi connectivity index (χ4n) is 3.18. The molecule has 0 saturated heterocycles. The number of nitrogens with one attached hydrogen (secondary N) is 1. The number of rotatable bonds is 6. The second-order valence-corrected chi connectivity index (χ2v) is 5.95. The molecule has 0 aromatic carbocycles. The first-order chi connectivity index (χ1) is 7.79. The third-order valence-corrected chi connectivity index (χ3v) is 4.62. The molecule has 1 atom stereocenters. The Morgan fingerprint density at radius 3 is 2.44 bits per heavy atom. The largest absolute Gasteiger partial charge is 0.396 e. The van der Waals surface area contributed by atoms with Crippen LogP contribution in [0.2, 0.25) is 0 Å². The lowest BCUT2D eigenvalue weighted by atomic mass is 9.74. The molecule has 0 heterocycles. The van der Waals surface area contributed by atoms with Crippen LogP contribution in [0.1, 0.15) is 58.3 Å². The Hall–Kier alpha value is -0.0800. The molecule has 2 N–H and O–H groups in total. The van der Waals surface area contributed by atoms with Gasteiger partial charge in [0.2, 0.25) is 0 Å². The highest BCUT2D eigenvalue weighted by Crippen LogP contribution is 2.37. The zero-order valence-corrected chi connectivity index (χ0v) is 10.7. The lowest BCUT2D eigenvalue weighted by Crippen LogP contribution is -2.43. The van der Waals surface area contributed by atoms with Gasteiger partial charge in [0.05, 0.1) is 0 Å². The van der Waals surface area contributed by atoms with Gasteiger partial charge < -0.3 is 10.4 Å². The second kappa shape index (κ2) is 5.50. The highest BCUT2D eigenvalue weighted by atomic mass is 16.3. The Morgan fingerprint density at radius 2 is 1.94 bits per heavy atom. The number of hydrogen-bond acceptors (Lipinski definition) is 2. The molecule has 0 aliphatic heterocycles. The van der Waals surface area contributed by atoms with E-state index < -0.39 is 0 Å². The van der Waals surface area contributed by atoms with Crippen LogP contribution in [0.25, 0.3) is 0 Å². The topological polar surface area (TPSA) is 32.3 Å². The summed E-state index contributed by atoms with van der Waals surface area (Å²) in [6.07, 6.45) is 10.5. The lowest BCUT2D eigenvalue weighted by Gasteiger charge is -2.37. The maximum absolute atomic E-state index is 9.64. The van der Waals surface area contributed by atoms with E-state index in [2.05, 4.69) is 12.2 Å². The standard InChI is InChI=1S/C14H27NO/c1-2-13(12-6-7-12)15-10-14(11-16)8-4-3-5-9-14/h12-13,15-16H,2-11H2,1H3. The summed E-state index contributed by atoms with van der Waals surface area (Å²) in [5.41, 5.74) is 0.209. The van der Waals surface area contributed by atoms with Gasteiger partial charge in [0.15, 0.2) is 0 Å². The molecular weight excluding hydrogens is 198 g/mol. The lowest BCUT2D eigenvalue weighted by molar-refractivity contribution is 0.0772. The van der Waals surface area contributed by atoms with Crippen molar-refractivity contribution in [1.29, 1.82) is 0 Å². The van der Waals surface area contributed by atoms with E-state index in [1.165, 1.54) is 51.4 Å². The Balaban J connectivity index is 1.80. The van der Waals surface area contributed by atoms with Gasteiger partial charge in [-0.05, 0) is 38.0 Å². The summed E-state index contributed by atoms with van der Waals surface area (Å²) < 4.78 is 0. The second-order valence-electron chi connectivity index (χ2n) is 5.95. The molecule has 2 saturated carbocycles. The summed E-state index contributed by atoms with van der Waals surface area (Å²) >= 11 is 0. The van der Waals surface area contributed by atoms with Crippen molar-refractivity contribution in [1.82, 2.24) is 5.32 Å². The Morgan fingerprint density at radius 1 is 1.25 bits per heavy atom. The van der Waals surface area contributed by atoms with Crippen molar-refractivity contribution >= 4 is 0 Å². The molecule has 2 fully saturated rings. The number of aliphatic hydroxyl groups excluding tert-OH is 1. The van der Waals surface area contributed by atoms with Gasteiger partial charge in [0, 0.05) is 24.6 Å². The zero-order chi connectivity index (χ0) is 11.4. The molecule has 1 unspecified atom stereocenters. The maximum atomic E-state index is 9.64. The SMILES string of the molecule is CCC(NCC1(CO)CCCCC1)C1CC1. The van der Waals surface area contributed by atoms with Gasteiger partial charge >= 0.3 is 0 Å². The first-order valence-corrected chi connectivity index (χ1v) is 7.14. The highest BCUT2D eigenvalue weighted by molar-refractivity contribution is 4.90. The molecule has 0 aromatic heterocycles. The average Bonchev–Trinajstić information content (AvgIpc) is 3.16. The van der Waals surface area contributed by atoms with Gasteiger partial charge in [-0.3, -0.25) is 0 Å². The minimum atomic E-state index is 0.209. The van der Waals surface area contributed by atoms with Crippen LogP contribution in [-0.4, -0.2) is 24.3 Å². The fraction of sp³-hybridized carbons (Fsp3) is 1.00. The monoisotopic (exact) mass is 225 g/mol. The molecule has 94 valence electrons. The first-order valence-electron chi connectivity index (χ1n) is 7.14. The van der Waals surface area contributed by atoms with Crippen molar-refractivity contribution in [3.63, 3.8) is 0 Å². The van der Waals surface area contributed by atoms with Gasteiger partial charge in [-0.2, -0.15) is 0 Å². The molecule has 0 aromatic rings. The van der Waals surface area contributed by atoms with Crippen LogP contribution >= 0.6 is 0 Å². The van der Waals surface area contributed by atoms with Gasteiger partial charge in [-0.25, -0.2) is 0 Å². The van der Waals surface area contributed by atoms with E-state index in [4.69, 9.17) is 0 Å². The Kier molecular flexibility index (Phi) is 4.26. The normalized spacial score (nSPS) is 26.6. The van der Waals surface area contributed by atoms with E-state index >= 15 is 0 Å². The van der Waals surface area contributed by atoms with Crippen LogP contribution in [0.5, 0.6) is 0 Å². The molecular formula is C14H27NO. The van der Waals surface area contributed by atoms with Crippen molar-refractivity contribution in [3.05, 3.63) is 0 Å². The molecule has 2 aliphatic rings. The fourth-order valence-corrected chi connectivity index (χ4v) is 3.18. The van der Waals surface area contributed by atoms with Gasteiger partial charge in [-0.1, -0.05) is 26.2 Å². The van der Waals surface area contributed by atoms with Crippen molar-refractivity contribution in [2.24, 2.45) is 11.3 Å². The Labute approximate surface area is 99.8 Å². The third kappa shape index (κ3) is 2.98. The molecule has 16 heavy (non-hydrogen) atoms. The summed E-state index contributed by atoms with van der Waals surface area (Å²) in [6, 6.07) is 0.713. The van der Waals surface area contributed by atoms with E-state index in [-0.39, 0.29) is 5.41 Å². The molecule has 0 spiro atoms. The minimum Gasteiger partial charge on any atom is -0.396 e. The molecule has 2 aliphatic carbocycles. The van der Waals surface area contributed by atoms with Gasteiger partial charge in [0.25, 0.3) is 0 Å². The summed E-state index contributed by atoms with van der Waals surface area (Å²) in [6.45, 7) is 3.70. The molecule has 2 nitrogen and oxygen atoms in total. The third-order valence-electron chi connectivity index (χ3n) is 4.62. The van der Waals surface area contributed by atoms with Gasteiger partial charge in [0.1, 0.15) is 0 Å². The van der Waals surface area contributed by atoms with E-state index in [9.17, 15) is 5.11 Å². The van der Waals surface area contributed by atoms with Crippen LogP contribution in [0.4, 0.5) is 0 Å². The zero-order valence-electron chi connectivity index (χ0n) is 10.7. The first kappa shape index (κ1) is 12.4. The molecule has 0 bridgehead atoms. The van der Waals surface area contributed by atoms with E-state index in [1.807, 2.05) is 0 Å². The van der Waals surface area contributed by atoms with E-state index in [1.54, 1.807) is 0 Å². The average molecular weight is 225 g/mol. The van der Waals surface area contributed by atoms with Crippen LogP contribution in [0, 0.1) is 11.3 Å². The van der Waals surface area contributed by atoms with Crippen LogP contribution in [-0.2, 0) is 0 Å². The van der Waals surface area contributed by atoms with Crippen molar-refractivity contribution in [3.8, 4) is 0 Å². The molecule has 2 rings (SSSR count). The summed E-state index contributed by atoms with van der Waals surface area (Å²) in [5, 5.41) is 13.4. The quantitative estimate of drug-likeness (QED) is 0.728. The van der Waals surface area contributed by atoms with Crippen LogP contribution in [0.15, 0.2) is 0 Å². The molecule has 0 amide bonds. The van der Waals surface area contributed by atoms with Crippen molar-refractivity contribution in [2.45, 2.75) is 64.3 Å². The summed E-state index contributed by atoms with van der Waals surface area (Å²) in [7, 11) is 0. The summed E-state index contributed by atoms with van der Waals surface area (Å²) in [5.74, 6) is 0.935. The predicted molar refractivity (Wildman–Crippen MR) is 67.4 cm³/mol. The predicted octanol–water partition coefficient (Wildman–Crippen LogP) is 2.71. The molecule has 0 radical (unpaired) electrons. The molecule has 2 heteroatoms. The number of aliphatic hydroxyl groups is 1. The van der Waals surface area contributed by atoms with Crippen LogP contribution < -0.4 is 5.32 Å². The van der Waals surface area contributed by atoms with Crippen molar-refractivity contribution < 1.29 is 5.11 Å². The minimum absolute atomic E-state index is 0.209. The highest BCUT2D eigenvalue weighted by Gasteiger charge is 2.34. The van der Waals surface area contributed by atoms with Crippen LogP contribution in [0.3, 0.4) is 0 Å². The van der Waals surface area contributed by atoms with Crippen molar-refractivity contribution in [2.75, 3.05) is 13.2 Å².